The first-order chi connectivity index (χ1) is 14.1. The summed E-state index contributed by atoms with van der Waals surface area (Å²) in [5.41, 5.74) is 8.84. The first kappa shape index (κ1) is 18.7. The third-order valence-electron chi connectivity index (χ3n) is 4.80. The summed E-state index contributed by atoms with van der Waals surface area (Å²) < 4.78 is 10.8. The van der Waals surface area contributed by atoms with Crippen molar-refractivity contribution >= 4 is 28.6 Å². The van der Waals surface area contributed by atoms with E-state index in [2.05, 4.69) is 5.32 Å². The number of carbonyl (C=O) groups is 2. The minimum absolute atomic E-state index is 0.155. The Morgan fingerprint density at radius 2 is 1.48 bits per heavy atom. The Balaban J connectivity index is 1.89. The molecule has 0 saturated carbocycles. The summed E-state index contributed by atoms with van der Waals surface area (Å²) in [6, 6.07) is 17.8. The van der Waals surface area contributed by atoms with Crippen molar-refractivity contribution in [2.24, 2.45) is 0 Å². The number of anilines is 3. The van der Waals surface area contributed by atoms with Crippen molar-refractivity contribution < 1.29 is 19.1 Å². The van der Waals surface area contributed by atoms with E-state index in [0.717, 1.165) is 5.69 Å². The van der Waals surface area contributed by atoms with Crippen molar-refractivity contribution in [2.45, 2.75) is 0 Å². The van der Waals surface area contributed by atoms with Crippen LogP contribution in [0.15, 0.2) is 60.7 Å². The highest BCUT2D eigenvalue weighted by Crippen LogP contribution is 2.41. The van der Waals surface area contributed by atoms with Crippen molar-refractivity contribution in [3.63, 3.8) is 0 Å². The summed E-state index contributed by atoms with van der Waals surface area (Å²) >= 11 is 0. The maximum atomic E-state index is 13.3. The van der Waals surface area contributed by atoms with E-state index in [4.69, 9.17) is 15.2 Å². The molecule has 0 amide bonds. The van der Waals surface area contributed by atoms with Crippen LogP contribution in [0, 0.1) is 0 Å². The molecule has 0 unspecified atom stereocenters. The van der Waals surface area contributed by atoms with E-state index in [-0.39, 0.29) is 35.0 Å². The van der Waals surface area contributed by atoms with Crippen LogP contribution in [0.2, 0.25) is 0 Å². The van der Waals surface area contributed by atoms with Crippen LogP contribution in [0.25, 0.3) is 0 Å². The number of carbonyl (C=O) groups excluding carboxylic acids is 2. The van der Waals surface area contributed by atoms with Gasteiger partial charge in [-0.2, -0.15) is 0 Å². The summed E-state index contributed by atoms with van der Waals surface area (Å²) in [5.74, 6) is -0.204. The molecule has 4 rings (SSSR count). The molecule has 3 aromatic rings. The molecule has 0 atom stereocenters. The van der Waals surface area contributed by atoms with Gasteiger partial charge < -0.3 is 20.5 Å². The number of rotatable bonds is 6. The molecule has 1 aliphatic rings. The van der Waals surface area contributed by atoms with E-state index in [9.17, 15) is 9.59 Å². The van der Waals surface area contributed by atoms with E-state index >= 15 is 0 Å². The Labute approximate surface area is 168 Å². The van der Waals surface area contributed by atoms with Crippen molar-refractivity contribution in [1.82, 2.24) is 0 Å². The highest BCUT2D eigenvalue weighted by atomic mass is 16.5. The fourth-order valence-corrected chi connectivity index (χ4v) is 3.42. The van der Waals surface area contributed by atoms with E-state index in [0.29, 0.717) is 29.2 Å². The van der Waals surface area contributed by atoms with Gasteiger partial charge in [0.25, 0.3) is 0 Å². The van der Waals surface area contributed by atoms with Crippen LogP contribution in [0.3, 0.4) is 0 Å². The van der Waals surface area contributed by atoms with Crippen molar-refractivity contribution in [3.8, 4) is 5.75 Å². The number of hydrogen-bond acceptors (Lipinski definition) is 6. The second-order valence-electron chi connectivity index (χ2n) is 6.62. The highest BCUT2D eigenvalue weighted by Gasteiger charge is 2.35. The van der Waals surface area contributed by atoms with Gasteiger partial charge in [-0.05, 0) is 12.1 Å². The first-order valence-electron chi connectivity index (χ1n) is 9.20. The van der Waals surface area contributed by atoms with Gasteiger partial charge in [-0.1, -0.05) is 42.5 Å². The zero-order valence-electron chi connectivity index (χ0n) is 15.9. The molecule has 3 aromatic carbocycles. The lowest BCUT2D eigenvalue weighted by Gasteiger charge is -2.24. The lowest BCUT2D eigenvalue weighted by molar-refractivity contribution is 0.0979. The third kappa shape index (κ3) is 3.34. The van der Waals surface area contributed by atoms with Crippen molar-refractivity contribution in [2.75, 3.05) is 31.4 Å². The fourth-order valence-electron chi connectivity index (χ4n) is 3.42. The number of fused-ring (bicyclic) bond motifs is 2. The van der Waals surface area contributed by atoms with Gasteiger partial charge in [0, 0.05) is 30.0 Å². The van der Waals surface area contributed by atoms with E-state index in [1.807, 2.05) is 30.3 Å². The SMILES string of the molecule is COCCOc1cc(Nc2ccccc2)c2c(c1N)C(=O)c1ccccc1C2=O. The van der Waals surface area contributed by atoms with Gasteiger partial charge in [-0.25, -0.2) is 0 Å². The molecular weight excluding hydrogens is 368 g/mol. The zero-order valence-corrected chi connectivity index (χ0v) is 15.9. The number of nitrogens with two attached hydrogens (primary N) is 1. The maximum Gasteiger partial charge on any atom is 0.196 e. The second kappa shape index (κ2) is 7.77. The van der Waals surface area contributed by atoms with E-state index in [1.165, 1.54) is 0 Å². The molecule has 1 aliphatic carbocycles. The number of methoxy groups -OCH3 is 1. The maximum absolute atomic E-state index is 13.3. The van der Waals surface area contributed by atoms with Crippen molar-refractivity contribution in [1.29, 1.82) is 0 Å². The topological polar surface area (TPSA) is 90.7 Å². The molecular formula is C23H20N2O4. The van der Waals surface area contributed by atoms with Crippen LogP contribution >= 0.6 is 0 Å². The van der Waals surface area contributed by atoms with Crippen LogP contribution < -0.4 is 15.8 Å². The van der Waals surface area contributed by atoms with E-state index < -0.39 is 0 Å². The molecule has 0 radical (unpaired) electrons. The minimum atomic E-state index is -0.291. The van der Waals surface area contributed by atoms with E-state index in [1.54, 1.807) is 37.4 Å². The molecule has 146 valence electrons. The molecule has 0 aromatic heterocycles. The Bertz CT molecular complexity index is 1090. The molecule has 0 heterocycles. The predicted octanol–water partition coefficient (Wildman–Crippen LogP) is 3.81. The lowest BCUT2D eigenvalue weighted by Crippen LogP contribution is -2.24. The number of hydrogen-bond donors (Lipinski definition) is 2. The number of para-hydroxylation sites is 1. The highest BCUT2D eigenvalue weighted by molar-refractivity contribution is 6.32. The molecule has 0 spiro atoms. The predicted molar refractivity (Wildman–Crippen MR) is 111 cm³/mol. The van der Waals surface area contributed by atoms with Crippen LogP contribution in [-0.4, -0.2) is 31.9 Å². The van der Waals surface area contributed by atoms with Gasteiger partial charge in [0.2, 0.25) is 0 Å². The third-order valence-corrected chi connectivity index (χ3v) is 4.80. The minimum Gasteiger partial charge on any atom is -0.489 e. The average molecular weight is 388 g/mol. The van der Waals surface area contributed by atoms with Crippen LogP contribution in [0.4, 0.5) is 17.1 Å². The van der Waals surface area contributed by atoms with Gasteiger partial charge in [-0.3, -0.25) is 9.59 Å². The number of ketones is 2. The number of nitrogens with one attached hydrogen (secondary N) is 1. The summed E-state index contributed by atoms with van der Waals surface area (Å²) in [5, 5.41) is 3.23. The standard InChI is InChI=1S/C23H20N2O4/c1-28-11-12-29-18-13-17(25-14-7-3-2-4-8-14)19-20(21(18)24)23(27)16-10-6-5-9-15(16)22(19)26/h2-10,13,25H,11-12,24H2,1H3. The Hall–Kier alpha value is -3.64. The van der Waals surface area contributed by atoms with Gasteiger partial charge in [0.1, 0.15) is 12.4 Å². The molecule has 0 bridgehead atoms. The van der Waals surface area contributed by atoms with Crippen LogP contribution in [0.1, 0.15) is 31.8 Å². The van der Waals surface area contributed by atoms with Gasteiger partial charge in [-0.15, -0.1) is 0 Å². The molecule has 3 N–H and O–H groups in total. The normalized spacial score (nSPS) is 12.3. The largest absolute Gasteiger partial charge is 0.489 e. The summed E-state index contributed by atoms with van der Waals surface area (Å²) in [4.78, 5) is 26.5. The second-order valence-corrected chi connectivity index (χ2v) is 6.62. The van der Waals surface area contributed by atoms with Gasteiger partial charge >= 0.3 is 0 Å². The zero-order chi connectivity index (χ0) is 20.4. The van der Waals surface area contributed by atoms with Crippen LogP contribution in [0.5, 0.6) is 5.75 Å². The number of ether oxygens (including phenoxy) is 2. The smallest absolute Gasteiger partial charge is 0.196 e. The van der Waals surface area contributed by atoms with Crippen LogP contribution in [-0.2, 0) is 4.74 Å². The molecule has 6 heteroatoms. The first-order valence-corrected chi connectivity index (χ1v) is 9.20. The Morgan fingerprint density at radius 3 is 2.14 bits per heavy atom. The number of benzene rings is 3. The van der Waals surface area contributed by atoms with Gasteiger partial charge in [0.15, 0.2) is 11.6 Å². The monoisotopic (exact) mass is 388 g/mol. The lowest BCUT2D eigenvalue weighted by atomic mass is 9.82. The summed E-state index contributed by atoms with van der Waals surface area (Å²) in [7, 11) is 1.57. The quantitative estimate of drug-likeness (QED) is 0.386. The molecule has 6 nitrogen and oxygen atoms in total. The van der Waals surface area contributed by atoms with Crippen molar-refractivity contribution in [3.05, 3.63) is 82.9 Å². The molecule has 0 aliphatic heterocycles. The average Bonchev–Trinajstić information content (AvgIpc) is 2.75. The molecule has 29 heavy (non-hydrogen) atoms. The van der Waals surface area contributed by atoms with Gasteiger partial charge in [0.05, 0.1) is 29.1 Å². The summed E-state index contributed by atoms with van der Waals surface area (Å²) in [6.07, 6.45) is 0. The Morgan fingerprint density at radius 1 is 0.862 bits per heavy atom. The molecule has 0 saturated heterocycles. The number of nitrogen functional groups attached to an aromatic ring is 1. The summed E-state index contributed by atoms with van der Waals surface area (Å²) in [6.45, 7) is 0.636. The fraction of sp³-hybridized carbons (Fsp3) is 0.130. The molecule has 0 fully saturated rings. The Kier molecular flexibility index (Phi) is 5.01.